The number of carbonyl (C=O) groups is 1. The van der Waals surface area contributed by atoms with Gasteiger partial charge in [0.25, 0.3) is 0 Å². The zero-order valence-electron chi connectivity index (χ0n) is 9.33. The predicted molar refractivity (Wildman–Crippen MR) is 66.3 cm³/mol. The maximum atomic E-state index is 12.0. The van der Waals surface area contributed by atoms with Crippen molar-refractivity contribution < 1.29 is 9.53 Å². The van der Waals surface area contributed by atoms with E-state index in [1.165, 1.54) is 0 Å². The Morgan fingerprint density at radius 3 is 2.44 bits per heavy atom. The van der Waals surface area contributed by atoms with Crippen LogP contribution in [0.3, 0.4) is 0 Å². The number of ether oxygens (including phenoxy) is 1. The Balaban J connectivity index is 2.27. The third-order valence-corrected chi connectivity index (χ3v) is 3.80. The summed E-state index contributed by atoms with van der Waals surface area (Å²) in [7, 11) is 0. The highest BCUT2D eigenvalue weighted by molar-refractivity contribution is 9.10. The summed E-state index contributed by atoms with van der Waals surface area (Å²) in [5.74, 6) is -0.0661. The van der Waals surface area contributed by atoms with E-state index in [1.54, 1.807) is 0 Å². The molecule has 16 heavy (non-hydrogen) atoms. The van der Waals surface area contributed by atoms with E-state index in [1.807, 2.05) is 31.2 Å². The lowest BCUT2D eigenvalue weighted by Gasteiger charge is -2.39. The third kappa shape index (κ3) is 1.88. The van der Waals surface area contributed by atoms with E-state index in [9.17, 15) is 4.79 Å². The highest BCUT2D eigenvalue weighted by Gasteiger charge is 2.46. The SMILES string of the molecule is CCOC(=O)C1(c2ccc(Br)cc2)CCC1. The molecule has 0 bridgehead atoms. The van der Waals surface area contributed by atoms with Gasteiger partial charge in [0.2, 0.25) is 0 Å². The minimum absolute atomic E-state index is 0.0661. The maximum absolute atomic E-state index is 12.0. The van der Waals surface area contributed by atoms with Gasteiger partial charge < -0.3 is 4.74 Å². The first-order chi connectivity index (χ1) is 7.69. The Bertz CT molecular complexity index is 379. The summed E-state index contributed by atoms with van der Waals surface area (Å²) < 4.78 is 6.22. The van der Waals surface area contributed by atoms with Gasteiger partial charge >= 0.3 is 5.97 Å². The molecule has 0 amide bonds. The minimum Gasteiger partial charge on any atom is -0.465 e. The molecule has 0 spiro atoms. The van der Waals surface area contributed by atoms with Crippen molar-refractivity contribution >= 4 is 21.9 Å². The van der Waals surface area contributed by atoms with Crippen LogP contribution in [0.5, 0.6) is 0 Å². The molecule has 0 atom stereocenters. The first-order valence-electron chi connectivity index (χ1n) is 5.62. The quantitative estimate of drug-likeness (QED) is 0.794. The van der Waals surface area contributed by atoms with E-state index < -0.39 is 0 Å². The molecule has 0 unspecified atom stereocenters. The zero-order valence-corrected chi connectivity index (χ0v) is 10.9. The molecular formula is C13H15BrO2. The van der Waals surface area contributed by atoms with Crippen LogP contribution in [0.4, 0.5) is 0 Å². The summed E-state index contributed by atoms with van der Waals surface area (Å²) in [5, 5.41) is 0. The standard InChI is InChI=1S/C13H15BrO2/c1-2-16-12(15)13(8-3-9-13)10-4-6-11(14)7-5-10/h4-7H,2-3,8-9H2,1H3. The van der Waals surface area contributed by atoms with Crippen molar-refractivity contribution in [1.29, 1.82) is 0 Å². The van der Waals surface area contributed by atoms with Crippen molar-refractivity contribution in [2.45, 2.75) is 31.6 Å². The van der Waals surface area contributed by atoms with E-state index in [2.05, 4.69) is 15.9 Å². The van der Waals surface area contributed by atoms with Gasteiger partial charge in [0.1, 0.15) is 0 Å². The average molecular weight is 283 g/mol. The van der Waals surface area contributed by atoms with Crippen LogP contribution in [-0.2, 0) is 14.9 Å². The van der Waals surface area contributed by atoms with Crippen LogP contribution in [0.25, 0.3) is 0 Å². The Hall–Kier alpha value is -0.830. The van der Waals surface area contributed by atoms with Crippen molar-refractivity contribution in [3.8, 4) is 0 Å². The molecule has 1 aliphatic rings. The fraction of sp³-hybridized carbons (Fsp3) is 0.462. The molecule has 3 heteroatoms. The van der Waals surface area contributed by atoms with Crippen LogP contribution >= 0.6 is 15.9 Å². The molecule has 1 aromatic carbocycles. The van der Waals surface area contributed by atoms with Crippen molar-refractivity contribution in [1.82, 2.24) is 0 Å². The Morgan fingerprint density at radius 1 is 1.38 bits per heavy atom. The molecule has 2 nitrogen and oxygen atoms in total. The van der Waals surface area contributed by atoms with E-state index >= 15 is 0 Å². The van der Waals surface area contributed by atoms with Gasteiger partial charge in [0.15, 0.2) is 0 Å². The third-order valence-electron chi connectivity index (χ3n) is 3.27. The fourth-order valence-corrected chi connectivity index (χ4v) is 2.44. The van der Waals surface area contributed by atoms with E-state index in [4.69, 9.17) is 4.74 Å². The van der Waals surface area contributed by atoms with Crippen LogP contribution in [0.2, 0.25) is 0 Å². The summed E-state index contributed by atoms with van der Waals surface area (Å²) in [5.41, 5.74) is 0.719. The van der Waals surface area contributed by atoms with Gasteiger partial charge in [-0.05, 0) is 37.5 Å². The maximum Gasteiger partial charge on any atom is 0.316 e. The van der Waals surface area contributed by atoms with Gasteiger partial charge in [-0.25, -0.2) is 0 Å². The van der Waals surface area contributed by atoms with Gasteiger partial charge in [-0.3, -0.25) is 4.79 Å². The van der Waals surface area contributed by atoms with Gasteiger partial charge in [-0.1, -0.05) is 34.5 Å². The molecule has 1 aliphatic carbocycles. The number of hydrogen-bond acceptors (Lipinski definition) is 2. The molecule has 0 heterocycles. The average Bonchev–Trinajstić information content (AvgIpc) is 2.19. The van der Waals surface area contributed by atoms with E-state index in [0.717, 1.165) is 29.3 Å². The highest BCUT2D eigenvalue weighted by atomic mass is 79.9. The summed E-state index contributed by atoms with van der Waals surface area (Å²) in [6.45, 7) is 2.31. The van der Waals surface area contributed by atoms with Crippen molar-refractivity contribution in [2.75, 3.05) is 6.61 Å². The number of halogens is 1. The summed E-state index contributed by atoms with van der Waals surface area (Å²) in [4.78, 5) is 12.0. The molecule has 1 fully saturated rings. The van der Waals surface area contributed by atoms with Gasteiger partial charge in [0, 0.05) is 4.47 Å². The first-order valence-corrected chi connectivity index (χ1v) is 6.41. The molecule has 0 radical (unpaired) electrons. The molecule has 86 valence electrons. The normalized spacial score (nSPS) is 17.6. The van der Waals surface area contributed by atoms with Gasteiger partial charge in [0.05, 0.1) is 12.0 Å². The van der Waals surface area contributed by atoms with Crippen molar-refractivity contribution in [3.05, 3.63) is 34.3 Å². The number of benzene rings is 1. The number of hydrogen-bond donors (Lipinski definition) is 0. The number of carbonyl (C=O) groups excluding carboxylic acids is 1. The van der Waals surface area contributed by atoms with Crippen molar-refractivity contribution in [3.63, 3.8) is 0 Å². The van der Waals surface area contributed by atoms with Crippen LogP contribution in [-0.4, -0.2) is 12.6 Å². The largest absolute Gasteiger partial charge is 0.465 e. The molecule has 0 saturated heterocycles. The fourth-order valence-electron chi connectivity index (χ4n) is 2.18. The summed E-state index contributed by atoms with van der Waals surface area (Å²) in [6.07, 6.45) is 2.93. The van der Waals surface area contributed by atoms with Crippen molar-refractivity contribution in [2.24, 2.45) is 0 Å². The molecule has 1 saturated carbocycles. The monoisotopic (exact) mass is 282 g/mol. The van der Waals surface area contributed by atoms with Crippen LogP contribution in [0.15, 0.2) is 28.7 Å². The topological polar surface area (TPSA) is 26.3 Å². The Morgan fingerprint density at radius 2 is 2.00 bits per heavy atom. The summed E-state index contributed by atoms with van der Waals surface area (Å²) >= 11 is 3.40. The van der Waals surface area contributed by atoms with E-state index in [-0.39, 0.29) is 11.4 Å². The Labute approximate surface area is 104 Å². The molecule has 0 aliphatic heterocycles. The molecule has 2 rings (SSSR count). The van der Waals surface area contributed by atoms with E-state index in [0.29, 0.717) is 6.61 Å². The smallest absolute Gasteiger partial charge is 0.316 e. The van der Waals surface area contributed by atoms with Gasteiger partial charge in [-0.15, -0.1) is 0 Å². The number of esters is 1. The summed E-state index contributed by atoms with van der Waals surface area (Å²) in [6, 6.07) is 7.99. The van der Waals surface area contributed by atoms with Gasteiger partial charge in [-0.2, -0.15) is 0 Å². The van der Waals surface area contributed by atoms with Crippen LogP contribution in [0, 0.1) is 0 Å². The lowest BCUT2D eigenvalue weighted by molar-refractivity contribution is -0.153. The highest BCUT2D eigenvalue weighted by Crippen LogP contribution is 2.44. The second kappa shape index (κ2) is 4.58. The number of rotatable bonds is 3. The second-order valence-corrected chi connectivity index (χ2v) is 5.08. The zero-order chi connectivity index (χ0) is 11.6. The lowest BCUT2D eigenvalue weighted by Crippen LogP contribution is -2.43. The van der Waals surface area contributed by atoms with Crippen LogP contribution < -0.4 is 0 Å². The first kappa shape index (κ1) is 11.6. The predicted octanol–water partition coefficient (Wildman–Crippen LogP) is 3.43. The molecule has 0 aromatic heterocycles. The van der Waals surface area contributed by atoms with Crippen LogP contribution in [0.1, 0.15) is 31.7 Å². The minimum atomic E-state index is -0.364. The second-order valence-electron chi connectivity index (χ2n) is 4.16. The molecule has 1 aromatic rings. The lowest BCUT2D eigenvalue weighted by atomic mass is 9.64. The molecular weight excluding hydrogens is 268 g/mol. The molecule has 0 N–H and O–H groups in total. The Kier molecular flexibility index (Phi) is 3.33.